The zero-order valence-corrected chi connectivity index (χ0v) is 14.6. The lowest BCUT2D eigenvalue weighted by molar-refractivity contribution is 0.123. The second-order valence-electron chi connectivity index (χ2n) is 6.89. The van der Waals surface area contributed by atoms with Gasteiger partial charge in [-0.3, -0.25) is 0 Å². The molecule has 0 saturated carbocycles. The van der Waals surface area contributed by atoms with E-state index in [2.05, 4.69) is 34.6 Å². The maximum absolute atomic E-state index is 2.48. The van der Waals surface area contributed by atoms with Crippen molar-refractivity contribution in [1.82, 2.24) is 0 Å². The summed E-state index contributed by atoms with van der Waals surface area (Å²) in [7, 11) is 0. The van der Waals surface area contributed by atoms with Crippen molar-refractivity contribution in [3.8, 4) is 0 Å². The van der Waals surface area contributed by atoms with Crippen molar-refractivity contribution in [3.05, 3.63) is 0 Å². The Balaban J connectivity index is 4.48. The average Bonchev–Trinajstić information content (AvgIpc) is 2.38. The van der Waals surface area contributed by atoms with Gasteiger partial charge in [0.05, 0.1) is 0 Å². The van der Waals surface area contributed by atoms with Crippen molar-refractivity contribution in [2.45, 2.75) is 112 Å². The molecule has 0 fully saturated rings. The molecule has 0 aliphatic carbocycles. The van der Waals surface area contributed by atoms with E-state index in [-0.39, 0.29) is 0 Å². The fraction of sp³-hybridized carbons (Fsp3) is 1.00. The van der Waals surface area contributed by atoms with Crippen molar-refractivity contribution in [1.29, 1.82) is 0 Å². The smallest absolute Gasteiger partial charge is 0.0274 e. The fourth-order valence-electron chi connectivity index (χ4n) is 3.42. The summed E-state index contributed by atoms with van der Waals surface area (Å²) in [6.07, 6.45) is 17.1. The molecule has 0 aromatic heterocycles. The summed E-state index contributed by atoms with van der Waals surface area (Å²) in [5.41, 5.74) is 0.652. The van der Waals surface area contributed by atoms with Crippen LogP contribution in [-0.2, 0) is 0 Å². The summed E-state index contributed by atoms with van der Waals surface area (Å²) >= 11 is 0. The van der Waals surface area contributed by atoms with Gasteiger partial charge in [-0.1, -0.05) is 92.4 Å². The highest BCUT2D eigenvalue weighted by molar-refractivity contribution is 4.82. The van der Waals surface area contributed by atoms with Gasteiger partial charge in [-0.15, -0.1) is 0 Å². The molecule has 0 aromatic rings. The normalized spacial score (nSPS) is 12.3. The second-order valence-corrected chi connectivity index (χ2v) is 6.89. The highest BCUT2D eigenvalue weighted by Gasteiger charge is 2.31. The standard InChI is InChI=1S/C19H40/c1-6-9-12-15-19(18(4)5,16-13-10-7-2)17-14-11-8-3/h18H,6-17H2,1-5H3. The van der Waals surface area contributed by atoms with Crippen LogP contribution >= 0.6 is 0 Å². The van der Waals surface area contributed by atoms with Crippen LogP contribution in [-0.4, -0.2) is 0 Å². The molecule has 19 heavy (non-hydrogen) atoms. The van der Waals surface area contributed by atoms with Gasteiger partial charge in [0.25, 0.3) is 0 Å². The third-order valence-electron chi connectivity index (χ3n) is 5.06. The minimum Gasteiger partial charge on any atom is -0.0654 e. The summed E-state index contributed by atoms with van der Waals surface area (Å²) < 4.78 is 0. The van der Waals surface area contributed by atoms with E-state index in [9.17, 15) is 0 Å². The quantitative estimate of drug-likeness (QED) is 0.306. The van der Waals surface area contributed by atoms with Gasteiger partial charge in [0.1, 0.15) is 0 Å². The first-order valence-electron chi connectivity index (χ1n) is 9.13. The molecule has 0 N–H and O–H groups in total. The highest BCUT2D eigenvalue weighted by Crippen LogP contribution is 2.43. The zero-order chi connectivity index (χ0) is 14.6. The van der Waals surface area contributed by atoms with E-state index >= 15 is 0 Å². The molecule has 0 rings (SSSR count). The molecule has 0 radical (unpaired) electrons. The summed E-state index contributed by atoms with van der Waals surface area (Å²) in [5.74, 6) is 0.859. The second kappa shape index (κ2) is 11.8. The molecule has 0 nitrogen and oxygen atoms in total. The van der Waals surface area contributed by atoms with Crippen LogP contribution in [0, 0.1) is 11.3 Å². The molecule has 0 heterocycles. The Morgan fingerprint density at radius 2 is 0.895 bits per heavy atom. The van der Waals surface area contributed by atoms with E-state index in [0.29, 0.717) is 5.41 Å². The van der Waals surface area contributed by atoms with E-state index in [0.717, 1.165) is 5.92 Å². The Morgan fingerprint density at radius 3 is 1.11 bits per heavy atom. The molecule has 0 unspecified atom stereocenters. The Hall–Kier alpha value is 0. The highest BCUT2D eigenvalue weighted by atomic mass is 14.4. The topological polar surface area (TPSA) is 0 Å². The van der Waals surface area contributed by atoms with Crippen molar-refractivity contribution in [3.63, 3.8) is 0 Å². The summed E-state index contributed by atoms with van der Waals surface area (Å²) in [6.45, 7) is 11.9. The molecule has 0 amide bonds. The number of hydrogen-bond acceptors (Lipinski definition) is 0. The third-order valence-corrected chi connectivity index (χ3v) is 5.06. The molecule has 0 saturated heterocycles. The molecular weight excluding hydrogens is 228 g/mol. The van der Waals surface area contributed by atoms with Crippen LogP contribution in [0.15, 0.2) is 0 Å². The molecule has 0 spiro atoms. The van der Waals surface area contributed by atoms with E-state index in [1.165, 1.54) is 77.0 Å². The Labute approximate surface area is 123 Å². The van der Waals surface area contributed by atoms with Crippen molar-refractivity contribution in [2.75, 3.05) is 0 Å². The summed E-state index contributed by atoms with van der Waals surface area (Å²) in [5, 5.41) is 0. The molecule has 0 aliphatic rings. The van der Waals surface area contributed by atoms with Crippen molar-refractivity contribution < 1.29 is 0 Å². The van der Waals surface area contributed by atoms with Gasteiger partial charge >= 0.3 is 0 Å². The van der Waals surface area contributed by atoms with Gasteiger partial charge in [-0.2, -0.15) is 0 Å². The van der Waals surface area contributed by atoms with Crippen LogP contribution in [0.2, 0.25) is 0 Å². The molecule has 0 bridgehead atoms. The first-order chi connectivity index (χ1) is 9.13. The maximum atomic E-state index is 2.48. The average molecular weight is 269 g/mol. The fourth-order valence-corrected chi connectivity index (χ4v) is 3.42. The molecular formula is C19H40. The summed E-state index contributed by atoms with van der Waals surface area (Å²) in [6, 6.07) is 0. The Morgan fingerprint density at radius 1 is 0.579 bits per heavy atom. The summed E-state index contributed by atoms with van der Waals surface area (Å²) in [4.78, 5) is 0. The number of unbranched alkanes of at least 4 members (excludes halogenated alkanes) is 6. The van der Waals surface area contributed by atoms with Gasteiger partial charge in [0.2, 0.25) is 0 Å². The Kier molecular flexibility index (Phi) is 11.8. The van der Waals surface area contributed by atoms with Gasteiger partial charge in [-0.25, -0.2) is 0 Å². The lowest BCUT2D eigenvalue weighted by Crippen LogP contribution is -2.27. The predicted molar refractivity (Wildman–Crippen MR) is 89.7 cm³/mol. The van der Waals surface area contributed by atoms with Crippen LogP contribution in [0.1, 0.15) is 112 Å². The monoisotopic (exact) mass is 268 g/mol. The van der Waals surface area contributed by atoms with Gasteiger partial charge in [0.15, 0.2) is 0 Å². The molecule has 0 aromatic carbocycles. The maximum Gasteiger partial charge on any atom is -0.0274 e. The molecule has 0 atom stereocenters. The van der Waals surface area contributed by atoms with E-state index in [4.69, 9.17) is 0 Å². The minimum absolute atomic E-state index is 0.652. The van der Waals surface area contributed by atoms with Crippen molar-refractivity contribution in [2.24, 2.45) is 11.3 Å². The lowest BCUT2D eigenvalue weighted by atomic mass is 9.67. The van der Waals surface area contributed by atoms with E-state index < -0.39 is 0 Å². The van der Waals surface area contributed by atoms with Crippen LogP contribution in [0.3, 0.4) is 0 Å². The lowest BCUT2D eigenvalue weighted by Gasteiger charge is -2.39. The van der Waals surface area contributed by atoms with E-state index in [1.54, 1.807) is 0 Å². The van der Waals surface area contributed by atoms with Crippen LogP contribution in [0.5, 0.6) is 0 Å². The number of rotatable bonds is 13. The van der Waals surface area contributed by atoms with Gasteiger partial charge in [-0.05, 0) is 30.6 Å². The van der Waals surface area contributed by atoms with Gasteiger partial charge in [0, 0.05) is 0 Å². The molecule has 116 valence electrons. The van der Waals surface area contributed by atoms with Gasteiger partial charge < -0.3 is 0 Å². The van der Waals surface area contributed by atoms with Crippen molar-refractivity contribution >= 4 is 0 Å². The Bertz CT molecular complexity index is 154. The van der Waals surface area contributed by atoms with Crippen LogP contribution < -0.4 is 0 Å². The molecule has 0 heteroatoms. The molecule has 0 aliphatic heterocycles. The van der Waals surface area contributed by atoms with Crippen LogP contribution in [0.25, 0.3) is 0 Å². The van der Waals surface area contributed by atoms with E-state index in [1.807, 2.05) is 0 Å². The minimum atomic E-state index is 0.652. The largest absolute Gasteiger partial charge is 0.0654 e. The predicted octanol–water partition coefficient (Wildman–Crippen LogP) is 7.37. The zero-order valence-electron chi connectivity index (χ0n) is 14.6. The van der Waals surface area contributed by atoms with Crippen LogP contribution in [0.4, 0.5) is 0 Å². The number of hydrogen-bond donors (Lipinski definition) is 0. The first kappa shape index (κ1) is 19.0. The first-order valence-corrected chi connectivity index (χ1v) is 9.13. The third kappa shape index (κ3) is 8.00. The SMILES string of the molecule is CCCCCC(CCCCC)(CCCCC)C(C)C.